The van der Waals surface area contributed by atoms with Gasteiger partial charge in [0.15, 0.2) is 20.7 Å². The Morgan fingerprint density at radius 1 is 1.14 bits per heavy atom. The zero-order valence-corrected chi connectivity index (χ0v) is 31.3. The summed E-state index contributed by atoms with van der Waals surface area (Å²) in [6, 6.07) is -0.424. The van der Waals surface area contributed by atoms with Gasteiger partial charge in [0.2, 0.25) is 11.5 Å². The highest BCUT2D eigenvalue weighted by atomic mass is 32.2. The van der Waals surface area contributed by atoms with Crippen LogP contribution in [-0.4, -0.2) is 123 Å². The van der Waals surface area contributed by atoms with E-state index in [2.05, 4.69) is 10.1 Å². The molecular formula is C30H42BN5O10S3. The van der Waals surface area contributed by atoms with E-state index in [4.69, 9.17) is 37.5 Å². The van der Waals surface area contributed by atoms with E-state index in [9.17, 15) is 24.0 Å². The number of β-lactam (4-membered cyclic amide) rings is 1. The van der Waals surface area contributed by atoms with E-state index in [0.29, 0.717) is 13.2 Å². The maximum Gasteiger partial charge on any atom is 0.410 e. The number of carbonyl (C=O) groups excluding carboxylic acids is 5. The van der Waals surface area contributed by atoms with Crippen molar-refractivity contribution in [3.63, 3.8) is 0 Å². The summed E-state index contributed by atoms with van der Waals surface area (Å²) in [6.45, 7) is 14.2. The van der Waals surface area contributed by atoms with Gasteiger partial charge < -0.3 is 34.3 Å². The van der Waals surface area contributed by atoms with Crippen LogP contribution in [0.2, 0.25) is 0 Å². The van der Waals surface area contributed by atoms with E-state index >= 15 is 0 Å². The fraction of sp³-hybridized carbons (Fsp3) is 0.700. The molecule has 1 aromatic heterocycles. The highest BCUT2D eigenvalue weighted by molar-refractivity contribution is 8.20. The van der Waals surface area contributed by atoms with Crippen LogP contribution >= 0.6 is 34.9 Å². The first-order valence-electron chi connectivity index (χ1n) is 15.5. The van der Waals surface area contributed by atoms with Crippen molar-refractivity contribution in [2.24, 2.45) is 11.1 Å². The van der Waals surface area contributed by atoms with Gasteiger partial charge in [-0.25, -0.2) is 14.6 Å². The van der Waals surface area contributed by atoms with Gasteiger partial charge in [-0.05, 0) is 55.4 Å². The number of Topliss-reactive ketones (excluding diaryl/α,β-unsaturated/α-hetero) is 1. The third-order valence-electron chi connectivity index (χ3n) is 7.41. The molecule has 3 aliphatic rings. The number of anilines is 1. The molecule has 0 spiro atoms. The van der Waals surface area contributed by atoms with Crippen LogP contribution in [0.4, 0.5) is 9.93 Å². The standard InChI is InChI=1S/C30H42BN5O10S3/c1-27(2,3)43-23(39)29(7,8)46-34-20(18-14-47-25(32)33-18)19(37)11-17-21(38)36-15-30(24(40)45-31,49-22(17)36)48-13-16-12-42-10-9-35(16)26(41)44-28(4,5)6/h14,16-17,22H,9-13,15H2,1-8H3,(H2,32,33)/b34-20-/t16-,17-,22?,30-/m1/s1. The first-order chi connectivity index (χ1) is 22.7. The number of ether oxygens (including phenoxy) is 3. The normalized spacial score (nSPS) is 24.5. The molecule has 3 fully saturated rings. The van der Waals surface area contributed by atoms with Crippen molar-refractivity contribution in [3.8, 4) is 0 Å². The van der Waals surface area contributed by atoms with Gasteiger partial charge in [0.25, 0.3) is 0 Å². The molecule has 15 nitrogen and oxygen atoms in total. The zero-order chi connectivity index (χ0) is 36.5. The highest BCUT2D eigenvalue weighted by Crippen LogP contribution is 2.56. The van der Waals surface area contributed by atoms with Gasteiger partial charge in [-0.3, -0.25) is 19.3 Å². The number of hydrogen-bond acceptors (Lipinski definition) is 16. The Hall–Kier alpha value is -3.03. The number of nitrogens with two attached hydrogens (primary N) is 1. The molecule has 4 heterocycles. The molecule has 0 saturated carbocycles. The number of oxime groups is 1. The van der Waals surface area contributed by atoms with E-state index < -0.39 is 62.0 Å². The molecule has 0 aliphatic carbocycles. The second-order valence-corrected chi connectivity index (χ2v) is 18.1. The van der Waals surface area contributed by atoms with Crippen molar-refractivity contribution in [2.75, 3.05) is 37.8 Å². The van der Waals surface area contributed by atoms with E-state index in [-0.39, 0.29) is 47.8 Å². The molecule has 4 rings (SSSR count). The zero-order valence-electron chi connectivity index (χ0n) is 28.8. The molecule has 0 bridgehead atoms. The molecule has 4 atom stereocenters. The van der Waals surface area contributed by atoms with E-state index in [1.54, 1.807) is 46.4 Å². The summed E-state index contributed by atoms with van der Waals surface area (Å²) in [5.74, 6) is -2.94. The first kappa shape index (κ1) is 38.8. The predicted molar refractivity (Wildman–Crippen MR) is 185 cm³/mol. The number of amides is 2. The quantitative estimate of drug-likeness (QED) is 0.115. The van der Waals surface area contributed by atoms with Crippen molar-refractivity contribution in [1.29, 1.82) is 0 Å². The van der Waals surface area contributed by atoms with Gasteiger partial charge in [0, 0.05) is 24.1 Å². The fourth-order valence-electron chi connectivity index (χ4n) is 5.01. The third-order valence-corrected chi connectivity index (χ3v) is 11.5. The summed E-state index contributed by atoms with van der Waals surface area (Å²) in [5.41, 5.74) is 2.67. The van der Waals surface area contributed by atoms with Crippen LogP contribution in [0.15, 0.2) is 10.5 Å². The second kappa shape index (κ2) is 14.7. The molecule has 268 valence electrons. The van der Waals surface area contributed by atoms with Crippen LogP contribution in [0, 0.1) is 5.92 Å². The monoisotopic (exact) mass is 739 g/mol. The number of morpholine rings is 1. The number of rotatable bonds is 11. The van der Waals surface area contributed by atoms with Gasteiger partial charge in [-0.1, -0.05) is 5.16 Å². The Labute approximate surface area is 299 Å². The molecule has 3 aliphatic heterocycles. The number of esters is 1. The Balaban J connectivity index is 1.49. The van der Waals surface area contributed by atoms with Gasteiger partial charge in [0.05, 0.1) is 37.1 Å². The Morgan fingerprint density at radius 3 is 2.41 bits per heavy atom. The third kappa shape index (κ3) is 9.21. The number of aromatic nitrogens is 1. The van der Waals surface area contributed by atoms with Gasteiger partial charge in [0.1, 0.15) is 16.9 Å². The molecule has 3 saturated heterocycles. The molecule has 2 amide bonds. The second-order valence-electron chi connectivity index (χ2n) is 14.2. The van der Waals surface area contributed by atoms with Crippen LogP contribution in [-0.2, 0) is 42.9 Å². The molecule has 0 aromatic carbocycles. The van der Waals surface area contributed by atoms with Crippen molar-refractivity contribution in [2.45, 2.75) is 94.1 Å². The van der Waals surface area contributed by atoms with Crippen molar-refractivity contribution >= 4 is 83.5 Å². The molecule has 49 heavy (non-hydrogen) atoms. The van der Waals surface area contributed by atoms with Gasteiger partial charge in [-0.2, -0.15) is 0 Å². The predicted octanol–water partition coefficient (Wildman–Crippen LogP) is 2.75. The van der Waals surface area contributed by atoms with Crippen molar-refractivity contribution in [3.05, 3.63) is 11.1 Å². The number of thiazole rings is 1. The molecule has 2 radical (unpaired) electrons. The number of fused-ring (bicyclic) bond motifs is 1. The Bertz CT molecular complexity index is 1490. The maximum atomic E-state index is 13.7. The average molecular weight is 740 g/mol. The minimum atomic E-state index is -1.56. The lowest BCUT2D eigenvalue weighted by atomic mass is 9.90. The van der Waals surface area contributed by atoms with Crippen molar-refractivity contribution < 1.29 is 47.7 Å². The largest absolute Gasteiger partial charge is 0.542 e. The van der Waals surface area contributed by atoms with Crippen molar-refractivity contribution in [1.82, 2.24) is 14.8 Å². The fourth-order valence-corrected chi connectivity index (χ4v) is 8.90. The highest BCUT2D eigenvalue weighted by Gasteiger charge is 2.62. The molecule has 1 aromatic rings. The summed E-state index contributed by atoms with van der Waals surface area (Å²) in [6.07, 6.45) is -0.785. The summed E-state index contributed by atoms with van der Waals surface area (Å²) >= 11 is 3.43. The molecular weight excluding hydrogens is 697 g/mol. The SMILES string of the molecule is [B]OC(=O)[C@@]1(SC[C@H]2COCCN2C(=O)OC(C)(C)C)CN2C(=O)[C@@H](CC(=O)/C(=N\OC(C)(C)C(=O)OC(C)(C)C)c3csc(N)n3)C2S1. The summed E-state index contributed by atoms with van der Waals surface area (Å²) in [4.78, 5) is 78.7. The number of nitrogen functional groups attached to an aromatic ring is 1. The van der Waals surface area contributed by atoms with Crippen LogP contribution in [0.1, 0.15) is 67.5 Å². The number of nitrogens with zero attached hydrogens (tertiary/aromatic N) is 4. The Kier molecular flexibility index (Phi) is 11.6. The summed E-state index contributed by atoms with van der Waals surface area (Å²) in [7, 11) is 5.36. The van der Waals surface area contributed by atoms with E-state index in [0.717, 1.165) is 23.1 Å². The number of thioether (sulfide) groups is 2. The lowest BCUT2D eigenvalue weighted by Gasteiger charge is -2.41. The lowest BCUT2D eigenvalue weighted by molar-refractivity contribution is -0.179. The first-order valence-corrected chi connectivity index (χ1v) is 18.3. The summed E-state index contributed by atoms with van der Waals surface area (Å²) < 4.78 is 20.0. The number of carbonyl (C=O) groups is 5. The van der Waals surface area contributed by atoms with E-state index in [1.807, 2.05) is 0 Å². The van der Waals surface area contributed by atoms with Gasteiger partial charge >= 0.3 is 26.1 Å². The molecule has 1 unspecified atom stereocenters. The van der Waals surface area contributed by atoms with Crippen LogP contribution in [0.25, 0.3) is 0 Å². The lowest BCUT2D eigenvalue weighted by Crippen LogP contribution is -2.57. The smallest absolute Gasteiger partial charge is 0.410 e. The molecule has 19 heteroatoms. The molecule has 2 N–H and O–H groups in total. The Morgan fingerprint density at radius 2 is 1.82 bits per heavy atom. The van der Waals surface area contributed by atoms with Crippen LogP contribution in [0.5, 0.6) is 0 Å². The summed E-state index contributed by atoms with van der Waals surface area (Å²) in [5, 5.41) is 5.15. The minimum Gasteiger partial charge on any atom is -0.542 e. The number of ketones is 1. The number of hydrogen-bond donors (Lipinski definition) is 1. The topological polar surface area (TPSA) is 189 Å². The minimum absolute atomic E-state index is 0.0245. The average Bonchev–Trinajstić information content (AvgIpc) is 3.59. The van der Waals surface area contributed by atoms with Gasteiger partial charge in [-0.15, -0.1) is 34.9 Å². The van der Waals surface area contributed by atoms with Crippen LogP contribution in [0.3, 0.4) is 0 Å². The maximum absolute atomic E-state index is 13.7. The van der Waals surface area contributed by atoms with E-state index in [1.165, 1.54) is 35.9 Å². The van der Waals surface area contributed by atoms with Crippen LogP contribution < -0.4 is 5.73 Å².